The molecule has 26 nitrogen and oxygen atoms in total. The van der Waals surface area contributed by atoms with Crippen LogP contribution >= 0.6 is 15.9 Å². The summed E-state index contributed by atoms with van der Waals surface area (Å²) in [5.41, 5.74) is 5.41. The number of anilines is 3. The number of carbonyl (C=O) groups is 6. The Hall–Kier alpha value is -5.86. The molecule has 434 valence electrons. The average molecular weight is 1200 g/mol. The molecular formula is C50H67BrFN9O17S. The van der Waals surface area contributed by atoms with E-state index in [2.05, 4.69) is 47.2 Å². The third-order valence-electron chi connectivity index (χ3n) is 12.1. The Labute approximate surface area is 464 Å². The van der Waals surface area contributed by atoms with Crippen molar-refractivity contribution in [2.45, 2.75) is 44.2 Å². The fourth-order valence-electron chi connectivity index (χ4n) is 8.15. The molecular weight excluding hydrogens is 1130 g/mol. The van der Waals surface area contributed by atoms with Gasteiger partial charge in [-0.3, -0.25) is 39.0 Å². The maximum atomic E-state index is 14.3. The van der Waals surface area contributed by atoms with E-state index in [-0.39, 0.29) is 123 Å². The minimum atomic E-state index is -3.63. The molecule has 0 saturated carbocycles. The molecule has 4 heterocycles. The van der Waals surface area contributed by atoms with Gasteiger partial charge in [0.25, 0.3) is 17.7 Å². The first-order valence-electron chi connectivity index (χ1n) is 25.7. The van der Waals surface area contributed by atoms with Crippen molar-refractivity contribution in [1.82, 2.24) is 29.8 Å². The topological polar surface area (TPSA) is 326 Å². The van der Waals surface area contributed by atoms with E-state index < -0.39 is 51.4 Å². The van der Waals surface area contributed by atoms with Gasteiger partial charge in [0.05, 0.1) is 138 Å². The summed E-state index contributed by atoms with van der Waals surface area (Å²) in [7, 11) is -3.63. The first-order valence-corrected chi connectivity index (χ1v) is 28.1. The van der Waals surface area contributed by atoms with Gasteiger partial charge < -0.3 is 64.3 Å². The Balaban J connectivity index is 0.657. The second-order valence-electron chi connectivity index (χ2n) is 17.6. The van der Waals surface area contributed by atoms with Gasteiger partial charge in [-0.15, -0.1) is 0 Å². The van der Waals surface area contributed by atoms with Crippen LogP contribution in [0.1, 0.15) is 63.2 Å². The predicted octanol–water partition coefficient (Wildman–Crippen LogP) is 1.55. The molecule has 2 aromatic carbocycles. The number of sulfonamides is 1. The van der Waals surface area contributed by atoms with Gasteiger partial charge in [0.2, 0.25) is 33.7 Å². The minimum absolute atomic E-state index is 0.0332. The van der Waals surface area contributed by atoms with E-state index in [1.807, 2.05) is 0 Å². The molecule has 0 radical (unpaired) electrons. The summed E-state index contributed by atoms with van der Waals surface area (Å²) in [4.78, 5) is 83.7. The largest absolute Gasteiger partial charge is 0.490 e. The molecule has 0 aliphatic carbocycles. The summed E-state index contributed by atoms with van der Waals surface area (Å²) in [6, 6.07) is 7.52. The van der Waals surface area contributed by atoms with Crippen LogP contribution in [-0.2, 0) is 62.3 Å². The smallest absolute Gasteiger partial charge is 0.266 e. The van der Waals surface area contributed by atoms with Crippen molar-refractivity contribution in [3.63, 3.8) is 0 Å². The number of aromatic nitrogens is 2. The number of ether oxygens (including phenoxy) is 9. The number of carbonyl (C=O) groups excluding carboxylic acids is 6. The molecule has 3 aliphatic heterocycles. The molecule has 0 bridgehead atoms. The summed E-state index contributed by atoms with van der Waals surface area (Å²) in [6.45, 7) is 5.99. The first-order chi connectivity index (χ1) is 38.2. The fourth-order valence-corrected chi connectivity index (χ4v) is 9.83. The highest BCUT2D eigenvalue weighted by Gasteiger charge is 2.46. The van der Waals surface area contributed by atoms with Gasteiger partial charge in [-0.1, -0.05) is 12.1 Å². The molecule has 0 spiro atoms. The number of piperidine rings is 2. The maximum Gasteiger partial charge on any atom is 0.266 e. The standard InChI is InChI=1S/C50H67BrFN9O17S/c51-36-33-55-50(59-46(36)57-38-5-2-4-37(52)44(38)45(53)64)56-34-9-13-60(14-10-34)79(68,69)32-12-54-41(62)11-15-70-16-17-71-18-19-72-20-21-73-22-23-74-24-25-75-26-27-76-28-29-77-30-31-78-40-6-1-3-35-43(40)49(67)61(48(35)66)39-7-8-42(63)58-47(39)65/h1-6,33-34,39H,7-32H2,(H2,53,64)(H,54,62)(H,58,63,65)(H2,55,56,57,59). The van der Waals surface area contributed by atoms with Gasteiger partial charge in [0, 0.05) is 44.7 Å². The highest BCUT2D eigenvalue weighted by atomic mass is 79.9. The third kappa shape index (κ3) is 20.0. The van der Waals surface area contributed by atoms with E-state index in [4.69, 9.17) is 48.4 Å². The van der Waals surface area contributed by atoms with Crippen LogP contribution in [0, 0.1) is 5.82 Å². The third-order valence-corrected chi connectivity index (χ3v) is 14.6. The van der Waals surface area contributed by atoms with Crippen LogP contribution in [-0.4, -0.2) is 213 Å². The van der Waals surface area contributed by atoms with Gasteiger partial charge in [0.1, 0.15) is 30.0 Å². The highest BCUT2D eigenvalue weighted by molar-refractivity contribution is 9.10. The number of rotatable bonds is 38. The number of nitrogens with one attached hydrogen (secondary N) is 4. The van der Waals surface area contributed by atoms with Gasteiger partial charge in [-0.2, -0.15) is 4.98 Å². The Morgan fingerprint density at radius 3 is 1.87 bits per heavy atom. The number of halogens is 2. The lowest BCUT2D eigenvalue weighted by molar-refractivity contribution is -0.136. The molecule has 1 atom stereocenters. The summed E-state index contributed by atoms with van der Waals surface area (Å²) in [5, 5.41) is 10.9. The van der Waals surface area contributed by atoms with E-state index in [9.17, 15) is 41.6 Å². The molecule has 1 aromatic heterocycles. The van der Waals surface area contributed by atoms with Crippen molar-refractivity contribution >= 4 is 78.8 Å². The number of nitrogens with zero attached hydrogens (tertiary/aromatic N) is 4. The quantitative estimate of drug-likeness (QED) is 0.0401. The van der Waals surface area contributed by atoms with Gasteiger partial charge >= 0.3 is 0 Å². The van der Waals surface area contributed by atoms with E-state index in [0.717, 1.165) is 11.0 Å². The van der Waals surface area contributed by atoms with Crippen molar-refractivity contribution in [3.8, 4) is 5.75 Å². The Kier molecular flexibility index (Phi) is 26.1. The Bertz CT molecular complexity index is 2640. The number of imide groups is 2. The number of fused-ring (bicyclic) bond motifs is 1. The molecule has 79 heavy (non-hydrogen) atoms. The van der Waals surface area contributed by atoms with E-state index in [0.29, 0.717) is 103 Å². The van der Waals surface area contributed by atoms with Crippen LogP contribution in [0.2, 0.25) is 0 Å². The van der Waals surface area contributed by atoms with E-state index in [1.54, 1.807) is 12.1 Å². The van der Waals surface area contributed by atoms with E-state index >= 15 is 0 Å². The van der Waals surface area contributed by atoms with Crippen molar-refractivity contribution in [2.24, 2.45) is 5.73 Å². The van der Waals surface area contributed by atoms with Crippen LogP contribution in [0.5, 0.6) is 5.75 Å². The molecule has 3 aliphatic rings. The molecule has 6 amide bonds. The van der Waals surface area contributed by atoms with Crippen molar-refractivity contribution in [3.05, 3.63) is 69.6 Å². The molecule has 29 heteroatoms. The molecule has 2 fully saturated rings. The molecule has 6 rings (SSSR count). The molecule has 1 unspecified atom stereocenters. The molecule has 6 N–H and O–H groups in total. The number of amides is 6. The molecule has 3 aromatic rings. The van der Waals surface area contributed by atoms with Crippen molar-refractivity contribution in [1.29, 1.82) is 0 Å². The van der Waals surface area contributed by atoms with Crippen LogP contribution < -0.4 is 31.7 Å². The zero-order valence-electron chi connectivity index (χ0n) is 43.6. The van der Waals surface area contributed by atoms with Crippen LogP contribution in [0.4, 0.5) is 21.8 Å². The predicted molar refractivity (Wildman–Crippen MR) is 283 cm³/mol. The zero-order valence-corrected chi connectivity index (χ0v) is 46.0. The van der Waals surface area contributed by atoms with Gasteiger partial charge in [0.15, 0.2) is 0 Å². The van der Waals surface area contributed by atoms with Crippen molar-refractivity contribution in [2.75, 3.05) is 148 Å². The lowest BCUT2D eigenvalue weighted by Gasteiger charge is -2.31. The highest BCUT2D eigenvalue weighted by Crippen LogP contribution is 2.34. The fraction of sp³-hybridized carbons (Fsp3) is 0.560. The number of nitrogens with two attached hydrogens (primary N) is 1. The summed E-state index contributed by atoms with van der Waals surface area (Å²) in [6.07, 6.45) is 2.61. The first kappa shape index (κ1) is 62.3. The lowest BCUT2D eigenvalue weighted by atomic mass is 10.0. The molecule has 2 saturated heterocycles. The lowest BCUT2D eigenvalue weighted by Crippen LogP contribution is -2.54. The Morgan fingerprint density at radius 1 is 0.747 bits per heavy atom. The van der Waals surface area contributed by atoms with Gasteiger partial charge in [-0.05, 0) is 59.5 Å². The maximum absolute atomic E-state index is 14.3. The monoisotopic (exact) mass is 1200 g/mol. The van der Waals surface area contributed by atoms with Crippen LogP contribution in [0.15, 0.2) is 47.1 Å². The summed E-state index contributed by atoms with van der Waals surface area (Å²) in [5.74, 6) is -3.93. The van der Waals surface area contributed by atoms with Crippen LogP contribution in [0.3, 0.4) is 0 Å². The van der Waals surface area contributed by atoms with Crippen LogP contribution in [0.25, 0.3) is 0 Å². The summed E-state index contributed by atoms with van der Waals surface area (Å²) >= 11 is 3.35. The number of hydrogen-bond acceptors (Lipinski definition) is 21. The van der Waals surface area contributed by atoms with Gasteiger partial charge in [-0.25, -0.2) is 22.1 Å². The van der Waals surface area contributed by atoms with Crippen molar-refractivity contribution < 1.29 is 84.2 Å². The normalized spacial score (nSPS) is 16.0. The summed E-state index contributed by atoms with van der Waals surface area (Å²) < 4.78 is 91.9. The van der Waals surface area contributed by atoms with E-state index in [1.165, 1.54) is 28.7 Å². The Morgan fingerprint density at radius 2 is 1.30 bits per heavy atom. The zero-order chi connectivity index (χ0) is 56.4. The SMILES string of the molecule is NC(=O)c1c(F)cccc1Nc1nc(NC2CCN(S(=O)(=O)CCNC(=O)CCOCCOCCOCCOCCOCCOCCOCCOCCOc3cccc4c3C(=O)N(C3CCC(=O)NC3=O)C4=O)CC2)ncc1Br. The number of hydrogen-bond donors (Lipinski definition) is 5. The average Bonchev–Trinajstić information content (AvgIpc) is 3.71. The number of primary amides is 1. The second kappa shape index (κ2) is 33.0. The second-order valence-corrected chi connectivity index (χ2v) is 20.6. The number of benzene rings is 2. The minimum Gasteiger partial charge on any atom is -0.490 e.